The summed E-state index contributed by atoms with van der Waals surface area (Å²) in [6.45, 7) is 6.85. The molecule has 0 aliphatic rings. The zero-order valence-electron chi connectivity index (χ0n) is 10.2. The molecule has 0 spiro atoms. The van der Waals surface area contributed by atoms with Gasteiger partial charge in [-0.1, -0.05) is 26.2 Å². The molecule has 0 saturated carbocycles. The van der Waals surface area contributed by atoms with E-state index >= 15 is 0 Å². The van der Waals surface area contributed by atoms with Crippen LogP contribution in [0.3, 0.4) is 0 Å². The number of nitrogens with one attached hydrogen (secondary N) is 2. The zero-order chi connectivity index (χ0) is 10.6. The molecule has 0 amide bonds. The summed E-state index contributed by atoms with van der Waals surface area (Å²) in [5.41, 5.74) is 0. The first kappa shape index (κ1) is 13.9. The maximum Gasteiger partial charge on any atom is 0.00357 e. The van der Waals surface area contributed by atoms with E-state index in [0.29, 0.717) is 6.04 Å². The van der Waals surface area contributed by atoms with Crippen LogP contribution < -0.4 is 10.6 Å². The van der Waals surface area contributed by atoms with Gasteiger partial charge in [0, 0.05) is 6.04 Å². The molecule has 86 valence electrons. The largest absolute Gasteiger partial charge is 0.317 e. The SMILES string of the molecule is CCCNCCCCCC[C@H](C)NC. The van der Waals surface area contributed by atoms with Crippen LogP contribution in [0.15, 0.2) is 0 Å². The molecule has 0 rings (SSSR count). The summed E-state index contributed by atoms with van der Waals surface area (Å²) >= 11 is 0. The van der Waals surface area contributed by atoms with Crippen molar-refractivity contribution in [2.45, 2.75) is 58.4 Å². The standard InChI is InChI=1S/C12H28N2/c1-4-10-14-11-8-6-5-7-9-12(2)13-3/h12-14H,4-11H2,1-3H3/t12-/m0/s1. The van der Waals surface area contributed by atoms with E-state index in [1.165, 1.54) is 51.6 Å². The van der Waals surface area contributed by atoms with E-state index in [4.69, 9.17) is 0 Å². The first-order valence-corrected chi connectivity index (χ1v) is 6.19. The highest BCUT2D eigenvalue weighted by atomic mass is 14.8. The fraction of sp³-hybridized carbons (Fsp3) is 1.00. The van der Waals surface area contributed by atoms with Crippen molar-refractivity contribution in [2.75, 3.05) is 20.1 Å². The van der Waals surface area contributed by atoms with E-state index in [0.717, 1.165) is 0 Å². The highest BCUT2D eigenvalue weighted by molar-refractivity contribution is 4.57. The molecule has 0 aromatic heterocycles. The van der Waals surface area contributed by atoms with Gasteiger partial charge in [0.15, 0.2) is 0 Å². The zero-order valence-corrected chi connectivity index (χ0v) is 10.2. The van der Waals surface area contributed by atoms with Crippen molar-refractivity contribution in [3.05, 3.63) is 0 Å². The molecule has 0 fully saturated rings. The molecule has 0 radical (unpaired) electrons. The van der Waals surface area contributed by atoms with Crippen molar-refractivity contribution >= 4 is 0 Å². The predicted octanol–water partition coefficient (Wildman–Crippen LogP) is 2.54. The van der Waals surface area contributed by atoms with Crippen LogP contribution in [0, 0.1) is 0 Å². The number of hydrogen-bond donors (Lipinski definition) is 2. The van der Waals surface area contributed by atoms with Gasteiger partial charge in [0.1, 0.15) is 0 Å². The first-order chi connectivity index (χ1) is 6.81. The van der Waals surface area contributed by atoms with Gasteiger partial charge in [0.2, 0.25) is 0 Å². The number of rotatable bonds is 10. The number of hydrogen-bond acceptors (Lipinski definition) is 2. The molecular formula is C12H28N2. The van der Waals surface area contributed by atoms with Gasteiger partial charge in [-0.05, 0) is 46.3 Å². The molecule has 0 aliphatic heterocycles. The fourth-order valence-electron chi connectivity index (χ4n) is 1.50. The van der Waals surface area contributed by atoms with Gasteiger partial charge in [-0.15, -0.1) is 0 Å². The van der Waals surface area contributed by atoms with Crippen LogP contribution in [-0.2, 0) is 0 Å². The van der Waals surface area contributed by atoms with Crippen molar-refractivity contribution in [3.8, 4) is 0 Å². The van der Waals surface area contributed by atoms with Gasteiger partial charge in [-0.25, -0.2) is 0 Å². The minimum Gasteiger partial charge on any atom is -0.317 e. The Bertz CT molecular complexity index is 104. The van der Waals surface area contributed by atoms with Crippen LogP contribution in [0.1, 0.15) is 52.4 Å². The minimum atomic E-state index is 0.688. The fourth-order valence-corrected chi connectivity index (χ4v) is 1.50. The quantitative estimate of drug-likeness (QED) is 0.530. The average Bonchev–Trinajstić information content (AvgIpc) is 2.21. The molecule has 0 saturated heterocycles. The van der Waals surface area contributed by atoms with E-state index in [-0.39, 0.29) is 0 Å². The molecule has 0 heterocycles. The Labute approximate surface area is 89.9 Å². The highest BCUT2D eigenvalue weighted by Crippen LogP contribution is 2.04. The molecule has 14 heavy (non-hydrogen) atoms. The van der Waals surface area contributed by atoms with Gasteiger partial charge in [0.25, 0.3) is 0 Å². The second-order valence-electron chi connectivity index (χ2n) is 4.14. The molecule has 0 unspecified atom stereocenters. The lowest BCUT2D eigenvalue weighted by Gasteiger charge is -2.09. The average molecular weight is 200 g/mol. The summed E-state index contributed by atoms with van der Waals surface area (Å²) in [5, 5.41) is 6.70. The minimum absolute atomic E-state index is 0.688. The molecule has 0 aliphatic carbocycles. The third-order valence-corrected chi connectivity index (χ3v) is 2.66. The molecule has 0 aromatic rings. The van der Waals surface area contributed by atoms with Crippen molar-refractivity contribution in [3.63, 3.8) is 0 Å². The summed E-state index contributed by atoms with van der Waals surface area (Å²) in [5.74, 6) is 0. The van der Waals surface area contributed by atoms with Crippen molar-refractivity contribution in [2.24, 2.45) is 0 Å². The van der Waals surface area contributed by atoms with Crippen LogP contribution in [-0.4, -0.2) is 26.2 Å². The van der Waals surface area contributed by atoms with Crippen LogP contribution in [0.25, 0.3) is 0 Å². The molecule has 2 heteroatoms. The van der Waals surface area contributed by atoms with Crippen LogP contribution in [0.4, 0.5) is 0 Å². The number of unbranched alkanes of at least 4 members (excludes halogenated alkanes) is 3. The molecule has 2 nitrogen and oxygen atoms in total. The maximum atomic E-state index is 3.43. The van der Waals surface area contributed by atoms with Gasteiger partial charge < -0.3 is 10.6 Å². The predicted molar refractivity (Wildman–Crippen MR) is 64.8 cm³/mol. The van der Waals surface area contributed by atoms with Gasteiger partial charge >= 0.3 is 0 Å². The molecule has 0 bridgehead atoms. The van der Waals surface area contributed by atoms with E-state index in [2.05, 4.69) is 24.5 Å². The molecule has 2 N–H and O–H groups in total. The van der Waals surface area contributed by atoms with Crippen LogP contribution in [0.5, 0.6) is 0 Å². The second kappa shape index (κ2) is 11.0. The molecule has 1 atom stereocenters. The maximum absolute atomic E-state index is 3.43. The van der Waals surface area contributed by atoms with Crippen molar-refractivity contribution in [1.29, 1.82) is 0 Å². The lowest BCUT2D eigenvalue weighted by atomic mass is 10.1. The van der Waals surface area contributed by atoms with E-state index in [1.54, 1.807) is 0 Å². The van der Waals surface area contributed by atoms with E-state index in [1.807, 2.05) is 7.05 Å². The van der Waals surface area contributed by atoms with Gasteiger partial charge in [0.05, 0.1) is 0 Å². The third-order valence-electron chi connectivity index (χ3n) is 2.66. The monoisotopic (exact) mass is 200 g/mol. The third kappa shape index (κ3) is 10.0. The van der Waals surface area contributed by atoms with Gasteiger partial charge in [-0.2, -0.15) is 0 Å². The Morgan fingerprint density at radius 2 is 1.71 bits per heavy atom. The Morgan fingerprint density at radius 3 is 2.36 bits per heavy atom. The Kier molecular flexibility index (Phi) is 10.9. The smallest absolute Gasteiger partial charge is 0.00357 e. The van der Waals surface area contributed by atoms with E-state index in [9.17, 15) is 0 Å². The molecular weight excluding hydrogens is 172 g/mol. The molecule has 0 aromatic carbocycles. The Morgan fingerprint density at radius 1 is 1.00 bits per heavy atom. The Hall–Kier alpha value is -0.0800. The van der Waals surface area contributed by atoms with Crippen LogP contribution in [0.2, 0.25) is 0 Å². The summed E-state index contributed by atoms with van der Waals surface area (Å²) < 4.78 is 0. The normalized spacial score (nSPS) is 13.1. The summed E-state index contributed by atoms with van der Waals surface area (Å²) in [4.78, 5) is 0. The topological polar surface area (TPSA) is 24.1 Å². The van der Waals surface area contributed by atoms with Crippen LogP contribution >= 0.6 is 0 Å². The van der Waals surface area contributed by atoms with Crippen molar-refractivity contribution < 1.29 is 0 Å². The second-order valence-corrected chi connectivity index (χ2v) is 4.14. The lowest BCUT2D eigenvalue weighted by Crippen LogP contribution is -2.20. The van der Waals surface area contributed by atoms with E-state index < -0.39 is 0 Å². The van der Waals surface area contributed by atoms with Gasteiger partial charge in [-0.3, -0.25) is 0 Å². The Balaban J connectivity index is 2.92. The highest BCUT2D eigenvalue weighted by Gasteiger charge is 1.96. The summed E-state index contributed by atoms with van der Waals surface area (Å²) in [6.07, 6.45) is 8.05. The lowest BCUT2D eigenvalue weighted by molar-refractivity contribution is 0.508. The summed E-state index contributed by atoms with van der Waals surface area (Å²) in [6, 6.07) is 0.688. The first-order valence-electron chi connectivity index (χ1n) is 6.19. The van der Waals surface area contributed by atoms with Crippen molar-refractivity contribution in [1.82, 2.24) is 10.6 Å². The summed E-state index contributed by atoms with van der Waals surface area (Å²) in [7, 11) is 2.04.